The van der Waals surface area contributed by atoms with Crippen molar-refractivity contribution in [3.8, 4) is 17.4 Å². The van der Waals surface area contributed by atoms with Gasteiger partial charge in [-0.2, -0.15) is 0 Å². The lowest BCUT2D eigenvalue weighted by atomic mass is 10.1. The molecule has 2 aromatic heterocycles. The second-order valence-electron chi connectivity index (χ2n) is 9.15. The number of benzene rings is 2. The summed E-state index contributed by atoms with van der Waals surface area (Å²) < 4.78 is 12.1. The van der Waals surface area contributed by atoms with Crippen LogP contribution in [0.5, 0.6) is 17.4 Å². The molecule has 3 heterocycles. The number of fused-ring (bicyclic) bond motifs is 3. The average molecular weight is 485 g/mol. The third-order valence-corrected chi connectivity index (χ3v) is 6.44. The molecule has 7 nitrogen and oxygen atoms in total. The largest absolute Gasteiger partial charge is 0.490 e. The summed E-state index contributed by atoms with van der Waals surface area (Å²) >= 11 is 0. The summed E-state index contributed by atoms with van der Waals surface area (Å²) in [6.07, 6.45) is 7.66. The molecule has 0 spiro atoms. The van der Waals surface area contributed by atoms with E-state index < -0.39 is 0 Å². The summed E-state index contributed by atoms with van der Waals surface area (Å²) in [7, 11) is 0. The van der Waals surface area contributed by atoms with Crippen molar-refractivity contribution >= 4 is 16.9 Å². The lowest BCUT2D eigenvalue weighted by molar-refractivity contribution is -0.132. The molecule has 7 heteroatoms. The smallest absolute Gasteiger partial charge is 0.224 e. The molecule has 0 atom stereocenters. The molecule has 0 bridgehead atoms. The molecular formula is C29H32N4O3. The van der Waals surface area contributed by atoms with E-state index in [1.807, 2.05) is 65.6 Å². The summed E-state index contributed by atoms with van der Waals surface area (Å²) in [6, 6.07) is 19.6. The number of hydrogen-bond donors (Lipinski definition) is 1. The van der Waals surface area contributed by atoms with Gasteiger partial charge in [-0.05, 0) is 62.4 Å². The van der Waals surface area contributed by atoms with Crippen LogP contribution >= 0.6 is 0 Å². The van der Waals surface area contributed by atoms with Gasteiger partial charge in [0, 0.05) is 31.1 Å². The Hall–Kier alpha value is -3.87. The fourth-order valence-corrected chi connectivity index (χ4v) is 4.51. The van der Waals surface area contributed by atoms with Crippen molar-refractivity contribution < 1.29 is 14.3 Å². The van der Waals surface area contributed by atoms with Gasteiger partial charge in [0.1, 0.15) is 5.82 Å². The predicted molar refractivity (Wildman–Crippen MR) is 139 cm³/mol. The van der Waals surface area contributed by atoms with Gasteiger partial charge in [-0.15, -0.1) is 0 Å². The van der Waals surface area contributed by atoms with Gasteiger partial charge in [0.25, 0.3) is 0 Å². The van der Waals surface area contributed by atoms with Crippen LogP contribution in [0.4, 0.5) is 0 Å². The van der Waals surface area contributed by atoms with E-state index in [2.05, 4.69) is 15.0 Å². The van der Waals surface area contributed by atoms with Gasteiger partial charge in [0.15, 0.2) is 11.5 Å². The number of hydrogen-bond acceptors (Lipinski definition) is 5. The Morgan fingerprint density at radius 1 is 0.944 bits per heavy atom. The number of pyridine rings is 1. The number of aromatic nitrogens is 3. The summed E-state index contributed by atoms with van der Waals surface area (Å²) in [4.78, 5) is 27.7. The van der Waals surface area contributed by atoms with Crippen LogP contribution < -0.4 is 9.47 Å². The molecule has 0 saturated carbocycles. The highest BCUT2D eigenvalue weighted by molar-refractivity contribution is 5.76. The number of carbonyl (C=O) groups excluding carboxylic acids is 1. The zero-order chi connectivity index (χ0) is 24.6. The minimum absolute atomic E-state index is 0.168. The highest BCUT2D eigenvalue weighted by atomic mass is 16.5. The van der Waals surface area contributed by atoms with Crippen molar-refractivity contribution in [3.05, 3.63) is 78.2 Å². The summed E-state index contributed by atoms with van der Waals surface area (Å²) in [5.41, 5.74) is 2.93. The molecule has 0 saturated heterocycles. The molecule has 0 fully saturated rings. The number of carbonyl (C=O) groups is 1. The molecule has 0 radical (unpaired) electrons. The number of aryl methyl sites for hydroxylation is 1. The SMILES string of the molecule is O=C(CCCCc1nc2ccccc2[nH]1)N1CCCCCOc2ccccc2Oc2ncccc2C1. The molecule has 1 amide bonds. The number of para-hydroxylation sites is 4. The maximum absolute atomic E-state index is 13.3. The molecule has 0 unspecified atom stereocenters. The quantitative estimate of drug-likeness (QED) is 0.349. The number of H-pyrrole nitrogens is 1. The van der Waals surface area contributed by atoms with E-state index in [4.69, 9.17) is 9.47 Å². The van der Waals surface area contributed by atoms with Crippen molar-refractivity contribution in [2.75, 3.05) is 13.2 Å². The van der Waals surface area contributed by atoms with Gasteiger partial charge in [-0.1, -0.05) is 30.3 Å². The summed E-state index contributed by atoms with van der Waals surface area (Å²) in [6.45, 7) is 1.81. The minimum Gasteiger partial charge on any atom is -0.490 e. The molecule has 5 rings (SSSR count). The molecule has 2 aromatic carbocycles. The summed E-state index contributed by atoms with van der Waals surface area (Å²) in [5.74, 6) is 3.01. The lowest BCUT2D eigenvalue weighted by Gasteiger charge is -2.23. The number of ether oxygens (including phenoxy) is 2. The number of unbranched alkanes of at least 4 members (excludes halogenated alkanes) is 1. The molecular weight excluding hydrogens is 452 g/mol. The van der Waals surface area contributed by atoms with Gasteiger partial charge in [-0.25, -0.2) is 9.97 Å². The van der Waals surface area contributed by atoms with E-state index in [9.17, 15) is 4.79 Å². The van der Waals surface area contributed by atoms with Crippen LogP contribution in [0.1, 0.15) is 49.9 Å². The van der Waals surface area contributed by atoms with Crippen molar-refractivity contribution in [3.63, 3.8) is 0 Å². The van der Waals surface area contributed by atoms with E-state index >= 15 is 0 Å². The Morgan fingerprint density at radius 2 is 1.81 bits per heavy atom. The number of amides is 1. The van der Waals surface area contributed by atoms with Crippen LogP contribution in [0.2, 0.25) is 0 Å². The molecule has 1 aliphatic rings. The van der Waals surface area contributed by atoms with Gasteiger partial charge in [-0.3, -0.25) is 4.79 Å². The zero-order valence-corrected chi connectivity index (χ0v) is 20.5. The second kappa shape index (κ2) is 11.7. The maximum atomic E-state index is 13.3. The third kappa shape index (κ3) is 6.03. The molecule has 1 aliphatic heterocycles. The lowest BCUT2D eigenvalue weighted by Crippen LogP contribution is -2.31. The Balaban J connectivity index is 1.23. The number of nitrogens with one attached hydrogen (secondary N) is 1. The van der Waals surface area contributed by atoms with Crippen LogP contribution in [0.15, 0.2) is 66.9 Å². The maximum Gasteiger partial charge on any atom is 0.224 e. The zero-order valence-electron chi connectivity index (χ0n) is 20.5. The first-order valence-corrected chi connectivity index (χ1v) is 12.8. The predicted octanol–water partition coefficient (Wildman–Crippen LogP) is 6.05. The fourth-order valence-electron chi connectivity index (χ4n) is 4.51. The van der Waals surface area contributed by atoms with Crippen LogP contribution in [-0.4, -0.2) is 38.9 Å². The average Bonchev–Trinajstić information content (AvgIpc) is 3.32. The van der Waals surface area contributed by atoms with Crippen LogP contribution in [-0.2, 0) is 17.8 Å². The molecule has 0 aliphatic carbocycles. The fraction of sp³-hybridized carbons (Fsp3) is 0.345. The number of aromatic amines is 1. The topological polar surface area (TPSA) is 80.3 Å². The Labute approximate surface area is 211 Å². The standard InChI is InChI=1S/C29H32N4O3/c34-28(17-7-6-16-27-31-23-12-2-3-13-24(23)32-27)33-19-8-1-9-20-35-25-14-4-5-15-26(25)36-29-22(21-33)11-10-18-30-29/h2-5,10-15,18H,1,6-9,16-17,19-21H2,(H,31,32). The number of imidazole rings is 1. The van der Waals surface area contributed by atoms with E-state index in [0.29, 0.717) is 43.5 Å². The molecule has 186 valence electrons. The Kier molecular flexibility index (Phi) is 7.76. The van der Waals surface area contributed by atoms with Gasteiger partial charge >= 0.3 is 0 Å². The van der Waals surface area contributed by atoms with Crippen LogP contribution in [0.3, 0.4) is 0 Å². The summed E-state index contributed by atoms with van der Waals surface area (Å²) in [5, 5.41) is 0. The normalized spacial score (nSPS) is 14.4. The first kappa shape index (κ1) is 23.9. The Morgan fingerprint density at radius 3 is 2.72 bits per heavy atom. The third-order valence-electron chi connectivity index (χ3n) is 6.44. The van der Waals surface area contributed by atoms with E-state index in [-0.39, 0.29) is 5.91 Å². The molecule has 36 heavy (non-hydrogen) atoms. The van der Waals surface area contributed by atoms with Gasteiger partial charge in [0.2, 0.25) is 11.8 Å². The van der Waals surface area contributed by atoms with Crippen molar-refractivity contribution in [2.45, 2.75) is 51.5 Å². The monoisotopic (exact) mass is 484 g/mol. The van der Waals surface area contributed by atoms with E-state index in [1.165, 1.54) is 0 Å². The van der Waals surface area contributed by atoms with Gasteiger partial charge in [0.05, 0.1) is 24.2 Å². The Bertz CT molecular complexity index is 1270. The van der Waals surface area contributed by atoms with E-state index in [0.717, 1.165) is 60.9 Å². The first-order chi connectivity index (χ1) is 17.8. The van der Waals surface area contributed by atoms with Crippen molar-refractivity contribution in [2.24, 2.45) is 0 Å². The number of rotatable bonds is 5. The van der Waals surface area contributed by atoms with Crippen molar-refractivity contribution in [1.82, 2.24) is 19.9 Å². The minimum atomic E-state index is 0.168. The second-order valence-corrected chi connectivity index (χ2v) is 9.15. The van der Waals surface area contributed by atoms with Crippen LogP contribution in [0, 0.1) is 0 Å². The van der Waals surface area contributed by atoms with Crippen molar-refractivity contribution in [1.29, 1.82) is 0 Å². The van der Waals surface area contributed by atoms with Gasteiger partial charge < -0.3 is 19.4 Å². The first-order valence-electron chi connectivity index (χ1n) is 12.8. The molecule has 4 aromatic rings. The van der Waals surface area contributed by atoms with Crippen LogP contribution in [0.25, 0.3) is 11.0 Å². The number of nitrogens with zero attached hydrogens (tertiary/aromatic N) is 3. The van der Waals surface area contributed by atoms with E-state index in [1.54, 1.807) is 6.20 Å². The molecule has 1 N–H and O–H groups in total. The highest BCUT2D eigenvalue weighted by Gasteiger charge is 2.18. The highest BCUT2D eigenvalue weighted by Crippen LogP contribution is 2.32.